The third kappa shape index (κ3) is 2.24. The number of carbonyl (C=O) groups is 1. The van der Waals surface area contributed by atoms with Crippen LogP contribution in [0, 0.1) is 5.82 Å². The predicted octanol–water partition coefficient (Wildman–Crippen LogP) is 1.32. The van der Waals surface area contributed by atoms with Gasteiger partial charge in [-0.15, -0.1) is 0 Å². The molecular formula is C8H7F3N2O2. The molecular weight excluding hydrogens is 213 g/mol. The summed E-state index contributed by atoms with van der Waals surface area (Å²) in [6.45, 7) is -0.330. The van der Waals surface area contributed by atoms with Gasteiger partial charge in [-0.25, -0.2) is 22.9 Å². The summed E-state index contributed by atoms with van der Waals surface area (Å²) in [5, 5.41) is 8.46. The molecule has 0 aliphatic carbocycles. The predicted molar refractivity (Wildman–Crippen MR) is 44.0 cm³/mol. The molecule has 0 aliphatic heterocycles. The van der Waals surface area contributed by atoms with Crippen molar-refractivity contribution in [1.29, 1.82) is 0 Å². The van der Waals surface area contributed by atoms with Crippen LogP contribution in [0.3, 0.4) is 0 Å². The van der Waals surface area contributed by atoms with Crippen LogP contribution in [0.15, 0.2) is 6.07 Å². The van der Waals surface area contributed by atoms with Crippen LogP contribution in [0.5, 0.6) is 0 Å². The summed E-state index contributed by atoms with van der Waals surface area (Å²) in [4.78, 5) is 13.5. The number of carboxylic acid groups (broad SMARTS) is 1. The van der Waals surface area contributed by atoms with Crippen molar-refractivity contribution in [2.75, 3.05) is 0 Å². The highest BCUT2D eigenvalue weighted by Gasteiger charge is 2.21. The molecule has 0 spiro atoms. The summed E-state index contributed by atoms with van der Waals surface area (Å²) >= 11 is 0. The molecule has 82 valence electrons. The van der Waals surface area contributed by atoms with Gasteiger partial charge in [-0.2, -0.15) is 0 Å². The van der Waals surface area contributed by atoms with Crippen molar-refractivity contribution >= 4 is 5.97 Å². The molecule has 15 heavy (non-hydrogen) atoms. The summed E-state index contributed by atoms with van der Waals surface area (Å²) in [6, 6.07) is 0.665. The Morgan fingerprint density at radius 3 is 2.60 bits per heavy atom. The Bertz CT molecular complexity index is 396. The summed E-state index contributed by atoms with van der Waals surface area (Å²) in [6.07, 6.45) is -2.98. The lowest BCUT2D eigenvalue weighted by Gasteiger charge is -2.07. The molecule has 0 bridgehead atoms. The topological polar surface area (TPSA) is 76.2 Å². The van der Waals surface area contributed by atoms with Crippen LogP contribution in [-0.4, -0.2) is 16.1 Å². The lowest BCUT2D eigenvalue weighted by molar-refractivity contribution is 0.0682. The molecule has 4 nitrogen and oxygen atoms in total. The number of nitrogens with zero attached hydrogens (tertiary/aromatic N) is 1. The van der Waals surface area contributed by atoms with Gasteiger partial charge in [-0.05, 0) is 11.6 Å². The minimum absolute atomic E-state index is 0.201. The van der Waals surface area contributed by atoms with Gasteiger partial charge in [0, 0.05) is 6.54 Å². The molecule has 0 aliphatic rings. The minimum Gasteiger partial charge on any atom is -0.476 e. The van der Waals surface area contributed by atoms with E-state index in [0.29, 0.717) is 6.07 Å². The molecule has 1 aromatic rings. The highest BCUT2D eigenvalue weighted by atomic mass is 19.3. The Hall–Kier alpha value is -1.63. The van der Waals surface area contributed by atoms with E-state index in [1.807, 2.05) is 0 Å². The summed E-state index contributed by atoms with van der Waals surface area (Å²) in [5.41, 5.74) is 3.07. The van der Waals surface area contributed by atoms with Crippen molar-refractivity contribution in [3.05, 3.63) is 28.8 Å². The van der Waals surface area contributed by atoms with Crippen LogP contribution in [0.4, 0.5) is 13.2 Å². The second kappa shape index (κ2) is 4.26. The molecule has 0 fully saturated rings. The molecule has 0 aromatic carbocycles. The van der Waals surface area contributed by atoms with Crippen LogP contribution in [0.1, 0.15) is 28.2 Å². The molecule has 0 radical (unpaired) electrons. The largest absolute Gasteiger partial charge is 0.476 e. The van der Waals surface area contributed by atoms with Gasteiger partial charge in [0.05, 0.1) is 0 Å². The third-order valence-corrected chi connectivity index (χ3v) is 1.72. The number of halogens is 3. The van der Waals surface area contributed by atoms with Crippen LogP contribution in [0.25, 0.3) is 0 Å². The van der Waals surface area contributed by atoms with Gasteiger partial charge in [0.15, 0.2) is 11.5 Å². The van der Waals surface area contributed by atoms with Crippen molar-refractivity contribution in [2.45, 2.75) is 13.0 Å². The molecule has 1 rings (SSSR count). The smallest absolute Gasteiger partial charge is 0.357 e. The van der Waals surface area contributed by atoms with Crippen LogP contribution in [-0.2, 0) is 6.54 Å². The number of hydrogen-bond donors (Lipinski definition) is 2. The molecule has 0 atom stereocenters. The first-order valence-electron chi connectivity index (χ1n) is 3.88. The number of nitrogens with two attached hydrogens (primary N) is 1. The Kier molecular flexibility index (Phi) is 3.25. The quantitative estimate of drug-likeness (QED) is 0.805. The zero-order valence-electron chi connectivity index (χ0n) is 7.38. The number of pyridine rings is 1. The maximum absolute atomic E-state index is 13.0. The molecule has 1 aromatic heterocycles. The van der Waals surface area contributed by atoms with E-state index in [1.165, 1.54) is 0 Å². The van der Waals surface area contributed by atoms with Crippen LogP contribution >= 0.6 is 0 Å². The van der Waals surface area contributed by atoms with Gasteiger partial charge < -0.3 is 10.8 Å². The van der Waals surface area contributed by atoms with Gasteiger partial charge in [0.2, 0.25) is 0 Å². The van der Waals surface area contributed by atoms with Gasteiger partial charge >= 0.3 is 5.97 Å². The Morgan fingerprint density at radius 2 is 2.20 bits per heavy atom. The van der Waals surface area contributed by atoms with E-state index in [0.717, 1.165) is 0 Å². The van der Waals surface area contributed by atoms with E-state index in [4.69, 9.17) is 10.8 Å². The number of aromatic carboxylic acids is 1. The van der Waals surface area contributed by atoms with Gasteiger partial charge in [-0.1, -0.05) is 0 Å². The van der Waals surface area contributed by atoms with Crippen molar-refractivity contribution in [3.8, 4) is 0 Å². The Morgan fingerprint density at radius 1 is 1.60 bits per heavy atom. The van der Waals surface area contributed by atoms with E-state index < -0.39 is 29.6 Å². The summed E-state index contributed by atoms with van der Waals surface area (Å²) in [7, 11) is 0. The van der Waals surface area contributed by atoms with Crippen LogP contribution in [0.2, 0.25) is 0 Å². The molecule has 1 heterocycles. The van der Waals surface area contributed by atoms with E-state index in [1.54, 1.807) is 0 Å². The highest BCUT2D eigenvalue weighted by molar-refractivity contribution is 5.85. The highest BCUT2D eigenvalue weighted by Crippen LogP contribution is 2.22. The summed E-state index contributed by atoms with van der Waals surface area (Å²) < 4.78 is 37.7. The average molecular weight is 220 g/mol. The number of carboxylic acids is 1. The normalized spacial score (nSPS) is 10.7. The van der Waals surface area contributed by atoms with Crippen LogP contribution < -0.4 is 5.73 Å². The minimum atomic E-state index is -2.98. The van der Waals surface area contributed by atoms with Crippen molar-refractivity contribution in [1.82, 2.24) is 4.98 Å². The lowest BCUT2D eigenvalue weighted by atomic mass is 10.1. The fourth-order valence-electron chi connectivity index (χ4n) is 1.04. The van der Waals surface area contributed by atoms with E-state index in [2.05, 4.69) is 4.98 Å². The average Bonchev–Trinajstić information content (AvgIpc) is 2.16. The van der Waals surface area contributed by atoms with Gasteiger partial charge in [0.25, 0.3) is 6.43 Å². The summed E-state index contributed by atoms with van der Waals surface area (Å²) in [5.74, 6) is -2.87. The third-order valence-electron chi connectivity index (χ3n) is 1.72. The molecule has 0 saturated carbocycles. The fraction of sp³-hybridized carbons (Fsp3) is 0.250. The number of alkyl halides is 2. The number of hydrogen-bond acceptors (Lipinski definition) is 3. The Labute approximate surface area is 82.5 Å². The maximum Gasteiger partial charge on any atom is 0.357 e. The zero-order valence-corrected chi connectivity index (χ0v) is 7.38. The first kappa shape index (κ1) is 11.4. The maximum atomic E-state index is 13.0. The van der Waals surface area contributed by atoms with Crippen molar-refractivity contribution in [2.24, 2.45) is 5.73 Å². The van der Waals surface area contributed by atoms with E-state index in [-0.39, 0.29) is 12.1 Å². The molecule has 3 N–H and O–H groups in total. The molecule has 7 heteroatoms. The van der Waals surface area contributed by atoms with Gasteiger partial charge in [0.1, 0.15) is 5.69 Å². The zero-order chi connectivity index (χ0) is 11.6. The fourth-order valence-corrected chi connectivity index (χ4v) is 1.04. The first-order chi connectivity index (χ1) is 6.97. The monoisotopic (exact) mass is 220 g/mol. The van der Waals surface area contributed by atoms with Gasteiger partial charge in [-0.3, -0.25) is 0 Å². The molecule has 0 saturated heterocycles. The second-order valence-electron chi connectivity index (χ2n) is 2.67. The first-order valence-corrected chi connectivity index (χ1v) is 3.88. The second-order valence-corrected chi connectivity index (χ2v) is 2.67. The number of aromatic nitrogens is 1. The lowest BCUT2D eigenvalue weighted by Crippen LogP contribution is -2.12. The molecule has 0 amide bonds. The Balaban J connectivity index is 3.37. The van der Waals surface area contributed by atoms with Crippen molar-refractivity contribution in [3.63, 3.8) is 0 Å². The van der Waals surface area contributed by atoms with E-state index in [9.17, 15) is 18.0 Å². The number of rotatable bonds is 3. The van der Waals surface area contributed by atoms with Crippen molar-refractivity contribution < 1.29 is 23.1 Å². The standard InChI is InChI=1S/C8H7F3N2O2/c9-4-1-3(2-12)5(7(10)11)13-6(4)8(14)15/h1,7H,2,12H2,(H,14,15). The van der Waals surface area contributed by atoms with E-state index >= 15 is 0 Å². The SMILES string of the molecule is NCc1cc(F)c(C(=O)O)nc1C(F)F. The molecule has 0 unspecified atom stereocenters.